The molecule has 0 aliphatic carbocycles. The minimum absolute atomic E-state index is 0.103. The Morgan fingerprint density at radius 1 is 1.56 bits per heavy atom. The highest BCUT2D eigenvalue weighted by atomic mass is 16.5. The third-order valence-electron chi connectivity index (χ3n) is 3.39. The maximum atomic E-state index is 12.4. The van der Waals surface area contributed by atoms with Crippen molar-refractivity contribution in [3.63, 3.8) is 0 Å². The molecule has 2 rings (SSSR count). The summed E-state index contributed by atoms with van der Waals surface area (Å²) in [5, 5.41) is 3.15. The molecule has 1 aliphatic rings. The van der Waals surface area contributed by atoms with Gasteiger partial charge in [0.25, 0.3) is 5.91 Å². The molecular weight excluding hydrogens is 228 g/mol. The largest absolute Gasteiger partial charge is 0.497 e. The number of likely N-dealkylation sites (N-methyl/N-ethyl adjacent to an activating group) is 1. The molecule has 1 saturated heterocycles. The topological polar surface area (TPSA) is 41.6 Å². The SMILES string of the molecule is CNCC1CCCN1C(=O)c1cccc(OC)c1. The van der Waals surface area contributed by atoms with E-state index in [1.165, 1.54) is 0 Å². The molecule has 1 atom stereocenters. The lowest BCUT2D eigenvalue weighted by Crippen LogP contribution is -2.40. The van der Waals surface area contributed by atoms with Crippen LogP contribution >= 0.6 is 0 Å². The Kier molecular flexibility index (Phi) is 4.20. The van der Waals surface area contributed by atoms with E-state index >= 15 is 0 Å². The van der Waals surface area contributed by atoms with E-state index < -0.39 is 0 Å². The van der Waals surface area contributed by atoms with Crippen molar-refractivity contribution in [2.75, 3.05) is 27.2 Å². The van der Waals surface area contributed by atoms with Gasteiger partial charge in [-0.15, -0.1) is 0 Å². The highest BCUT2D eigenvalue weighted by Crippen LogP contribution is 2.21. The van der Waals surface area contributed by atoms with Crippen molar-refractivity contribution in [2.45, 2.75) is 18.9 Å². The number of hydrogen-bond donors (Lipinski definition) is 1. The first kappa shape index (κ1) is 12.9. The number of hydrogen-bond acceptors (Lipinski definition) is 3. The smallest absolute Gasteiger partial charge is 0.254 e. The predicted molar refractivity (Wildman–Crippen MR) is 71.0 cm³/mol. The van der Waals surface area contributed by atoms with Gasteiger partial charge in [-0.25, -0.2) is 0 Å². The Bertz CT molecular complexity index is 420. The third kappa shape index (κ3) is 2.64. The van der Waals surface area contributed by atoms with Crippen LogP contribution in [0.5, 0.6) is 5.75 Å². The lowest BCUT2D eigenvalue weighted by atomic mass is 10.1. The zero-order chi connectivity index (χ0) is 13.0. The Morgan fingerprint density at radius 2 is 2.39 bits per heavy atom. The van der Waals surface area contributed by atoms with E-state index in [1.807, 2.05) is 30.1 Å². The van der Waals surface area contributed by atoms with Crippen LogP contribution in [-0.4, -0.2) is 44.1 Å². The summed E-state index contributed by atoms with van der Waals surface area (Å²) in [6, 6.07) is 7.67. The highest BCUT2D eigenvalue weighted by Gasteiger charge is 2.28. The molecule has 0 bridgehead atoms. The molecule has 1 aromatic rings. The van der Waals surface area contributed by atoms with Crippen molar-refractivity contribution in [1.29, 1.82) is 0 Å². The Balaban J connectivity index is 2.14. The van der Waals surface area contributed by atoms with Crippen molar-refractivity contribution in [3.05, 3.63) is 29.8 Å². The molecular formula is C14H20N2O2. The van der Waals surface area contributed by atoms with Crippen molar-refractivity contribution in [3.8, 4) is 5.75 Å². The number of methoxy groups -OCH3 is 1. The molecule has 4 heteroatoms. The first-order chi connectivity index (χ1) is 8.76. The lowest BCUT2D eigenvalue weighted by molar-refractivity contribution is 0.0736. The van der Waals surface area contributed by atoms with Gasteiger partial charge < -0.3 is 15.0 Å². The first-order valence-electron chi connectivity index (χ1n) is 6.36. The van der Waals surface area contributed by atoms with Gasteiger partial charge in [0, 0.05) is 24.7 Å². The molecule has 0 spiro atoms. The summed E-state index contributed by atoms with van der Waals surface area (Å²) >= 11 is 0. The molecule has 1 N–H and O–H groups in total. The second-order valence-corrected chi connectivity index (χ2v) is 4.58. The van der Waals surface area contributed by atoms with Gasteiger partial charge >= 0.3 is 0 Å². The fourth-order valence-electron chi connectivity index (χ4n) is 2.47. The normalized spacial score (nSPS) is 19.0. The van der Waals surface area contributed by atoms with Crippen LogP contribution in [0, 0.1) is 0 Å². The molecule has 18 heavy (non-hydrogen) atoms. The standard InChI is InChI=1S/C14H20N2O2/c1-15-10-12-6-4-8-16(12)14(17)11-5-3-7-13(9-11)18-2/h3,5,7,9,12,15H,4,6,8,10H2,1-2H3. The van der Waals surface area contributed by atoms with Crippen LogP contribution in [-0.2, 0) is 0 Å². The summed E-state index contributed by atoms with van der Waals surface area (Å²) in [7, 11) is 3.54. The summed E-state index contributed by atoms with van der Waals surface area (Å²) in [6.45, 7) is 1.71. The van der Waals surface area contributed by atoms with E-state index in [2.05, 4.69) is 5.32 Å². The van der Waals surface area contributed by atoms with Crippen LogP contribution in [0.3, 0.4) is 0 Å². The molecule has 1 fully saturated rings. The summed E-state index contributed by atoms with van der Waals surface area (Å²) < 4.78 is 5.16. The van der Waals surface area contributed by atoms with Crippen LogP contribution in [0.4, 0.5) is 0 Å². The van der Waals surface area contributed by atoms with Crippen LogP contribution in [0.2, 0.25) is 0 Å². The van der Waals surface area contributed by atoms with E-state index in [0.29, 0.717) is 11.6 Å². The number of likely N-dealkylation sites (tertiary alicyclic amines) is 1. The molecule has 4 nitrogen and oxygen atoms in total. The predicted octanol–water partition coefficient (Wildman–Crippen LogP) is 1.52. The number of nitrogens with zero attached hydrogens (tertiary/aromatic N) is 1. The van der Waals surface area contributed by atoms with E-state index in [-0.39, 0.29) is 5.91 Å². The van der Waals surface area contributed by atoms with E-state index in [4.69, 9.17) is 4.74 Å². The van der Waals surface area contributed by atoms with Gasteiger partial charge in [0.05, 0.1) is 7.11 Å². The van der Waals surface area contributed by atoms with Crippen LogP contribution in [0.1, 0.15) is 23.2 Å². The molecule has 1 aliphatic heterocycles. The maximum absolute atomic E-state index is 12.4. The molecule has 98 valence electrons. The average molecular weight is 248 g/mol. The number of carbonyl (C=O) groups excluding carboxylic acids is 1. The number of rotatable bonds is 4. The number of carbonyl (C=O) groups is 1. The van der Waals surface area contributed by atoms with Crippen molar-refractivity contribution < 1.29 is 9.53 Å². The first-order valence-corrected chi connectivity index (χ1v) is 6.36. The Morgan fingerprint density at radius 3 is 3.11 bits per heavy atom. The molecule has 0 aromatic heterocycles. The number of nitrogens with one attached hydrogen (secondary N) is 1. The Hall–Kier alpha value is -1.55. The third-order valence-corrected chi connectivity index (χ3v) is 3.39. The van der Waals surface area contributed by atoms with Gasteiger partial charge in [-0.1, -0.05) is 6.07 Å². The minimum Gasteiger partial charge on any atom is -0.497 e. The van der Waals surface area contributed by atoms with Crippen molar-refractivity contribution in [2.24, 2.45) is 0 Å². The quantitative estimate of drug-likeness (QED) is 0.878. The summed E-state index contributed by atoms with van der Waals surface area (Å²) in [5.74, 6) is 0.830. The highest BCUT2D eigenvalue weighted by molar-refractivity contribution is 5.95. The van der Waals surface area contributed by atoms with Gasteiger partial charge in [0.15, 0.2) is 0 Å². The van der Waals surface area contributed by atoms with Gasteiger partial charge in [-0.2, -0.15) is 0 Å². The number of amides is 1. The molecule has 1 amide bonds. The summed E-state index contributed by atoms with van der Waals surface area (Å²) in [6.07, 6.45) is 2.17. The molecule has 1 aromatic carbocycles. The minimum atomic E-state index is 0.103. The fraction of sp³-hybridized carbons (Fsp3) is 0.500. The molecule has 1 heterocycles. The van der Waals surface area contributed by atoms with Gasteiger partial charge in [0.1, 0.15) is 5.75 Å². The second-order valence-electron chi connectivity index (χ2n) is 4.58. The fourth-order valence-corrected chi connectivity index (χ4v) is 2.47. The van der Waals surface area contributed by atoms with Crippen LogP contribution in [0.25, 0.3) is 0 Å². The van der Waals surface area contributed by atoms with Gasteiger partial charge in [0.2, 0.25) is 0 Å². The van der Waals surface area contributed by atoms with E-state index in [9.17, 15) is 4.79 Å². The zero-order valence-corrected chi connectivity index (χ0v) is 11.0. The lowest BCUT2D eigenvalue weighted by Gasteiger charge is -2.24. The van der Waals surface area contributed by atoms with Crippen LogP contribution in [0.15, 0.2) is 24.3 Å². The Labute approximate surface area is 108 Å². The maximum Gasteiger partial charge on any atom is 0.254 e. The average Bonchev–Trinajstić information content (AvgIpc) is 2.86. The summed E-state index contributed by atoms with van der Waals surface area (Å²) in [4.78, 5) is 14.4. The zero-order valence-electron chi connectivity index (χ0n) is 11.0. The van der Waals surface area contributed by atoms with Gasteiger partial charge in [-0.05, 0) is 38.1 Å². The number of ether oxygens (including phenoxy) is 1. The summed E-state index contributed by atoms with van der Waals surface area (Å²) in [5.41, 5.74) is 0.706. The molecule has 1 unspecified atom stereocenters. The molecule has 0 saturated carbocycles. The van der Waals surface area contributed by atoms with E-state index in [1.54, 1.807) is 13.2 Å². The van der Waals surface area contributed by atoms with Gasteiger partial charge in [-0.3, -0.25) is 4.79 Å². The number of benzene rings is 1. The van der Waals surface area contributed by atoms with E-state index in [0.717, 1.165) is 31.7 Å². The van der Waals surface area contributed by atoms with Crippen LogP contribution < -0.4 is 10.1 Å². The molecule has 0 radical (unpaired) electrons. The van der Waals surface area contributed by atoms with Crippen molar-refractivity contribution in [1.82, 2.24) is 10.2 Å². The monoisotopic (exact) mass is 248 g/mol. The van der Waals surface area contributed by atoms with Crippen molar-refractivity contribution >= 4 is 5.91 Å². The second kappa shape index (κ2) is 5.87.